The van der Waals surface area contributed by atoms with E-state index in [0.717, 1.165) is 12.0 Å². The highest BCUT2D eigenvalue weighted by Gasteiger charge is 2.11. The Hall–Kier alpha value is -0.930. The fourth-order valence-electron chi connectivity index (χ4n) is 1.39. The lowest BCUT2D eigenvalue weighted by atomic mass is 9.93. The Bertz CT molecular complexity index is 329. The zero-order valence-corrected chi connectivity index (χ0v) is 10.9. The lowest BCUT2D eigenvalue weighted by Gasteiger charge is -2.19. The summed E-state index contributed by atoms with van der Waals surface area (Å²) in [7, 11) is 0. The molecule has 0 aliphatic rings. The van der Waals surface area contributed by atoms with Crippen molar-refractivity contribution in [1.29, 1.82) is 0 Å². The molecular formula is C14H22FNO. The number of benzene rings is 1. The van der Waals surface area contributed by atoms with E-state index in [1.54, 1.807) is 12.1 Å². The minimum Gasteiger partial charge on any atom is -0.379 e. The number of rotatable bonds is 5. The largest absolute Gasteiger partial charge is 0.379 e. The summed E-state index contributed by atoms with van der Waals surface area (Å²) in [5.74, 6) is -0.241. The molecule has 0 radical (unpaired) electrons. The molecule has 0 spiro atoms. The molecule has 2 N–H and O–H groups in total. The Morgan fingerprint density at radius 3 is 2.35 bits per heavy atom. The molecule has 0 bridgehead atoms. The first-order chi connectivity index (χ1) is 7.88. The zero-order valence-electron chi connectivity index (χ0n) is 10.9. The summed E-state index contributed by atoms with van der Waals surface area (Å²) in [5, 5.41) is 0. The fourth-order valence-corrected chi connectivity index (χ4v) is 1.39. The molecule has 3 heteroatoms. The molecule has 1 atom stereocenters. The molecule has 0 aliphatic carbocycles. The van der Waals surface area contributed by atoms with Crippen molar-refractivity contribution in [3.63, 3.8) is 0 Å². The molecule has 17 heavy (non-hydrogen) atoms. The summed E-state index contributed by atoms with van der Waals surface area (Å²) >= 11 is 0. The van der Waals surface area contributed by atoms with Crippen LogP contribution in [0.2, 0.25) is 0 Å². The van der Waals surface area contributed by atoms with Crippen LogP contribution < -0.4 is 5.73 Å². The van der Waals surface area contributed by atoms with E-state index in [4.69, 9.17) is 10.5 Å². The Morgan fingerprint density at radius 2 is 1.82 bits per heavy atom. The van der Waals surface area contributed by atoms with Crippen LogP contribution >= 0.6 is 0 Å². The van der Waals surface area contributed by atoms with Gasteiger partial charge in [-0.3, -0.25) is 0 Å². The SMILES string of the molecule is CC(C)(C)CCOCC(N)c1ccc(F)cc1. The first-order valence-corrected chi connectivity index (χ1v) is 5.97. The fraction of sp³-hybridized carbons (Fsp3) is 0.571. The number of nitrogens with two attached hydrogens (primary N) is 1. The van der Waals surface area contributed by atoms with Gasteiger partial charge in [0, 0.05) is 6.61 Å². The van der Waals surface area contributed by atoms with Gasteiger partial charge in [-0.1, -0.05) is 32.9 Å². The Morgan fingerprint density at radius 1 is 1.24 bits per heavy atom. The van der Waals surface area contributed by atoms with E-state index in [9.17, 15) is 4.39 Å². The molecule has 1 aromatic rings. The molecule has 0 amide bonds. The zero-order chi connectivity index (χ0) is 12.9. The predicted molar refractivity (Wildman–Crippen MR) is 68.2 cm³/mol. The van der Waals surface area contributed by atoms with Gasteiger partial charge in [-0.05, 0) is 29.5 Å². The highest BCUT2D eigenvalue weighted by atomic mass is 19.1. The van der Waals surface area contributed by atoms with E-state index in [1.165, 1.54) is 12.1 Å². The summed E-state index contributed by atoms with van der Waals surface area (Å²) in [6.07, 6.45) is 1.00. The molecule has 0 fully saturated rings. The first kappa shape index (κ1) is 14.1. The summed E-state index contributed by atoms with van der Waals surface area (Å²) in [4.78, 5) is 0. The van der Waals surface area contributed by atoms with Gasteiger partial charge < -0.3 is 10.5 Å². The van der Waals surface area contributed by atoms with Crippen LogP contribution in [0.15, 0.2) is 24.3 Å². The molecule has 0 saturated carbocycles. The van der Waals surface area contributed by atoms with Gasteiger partial charge in [-0.2, -0.15) is 0 Å². The van der Waals surface area contributed by atoms with Gasteiger partial charge in [-0.15, -0.1) is 0 Å². The number of hydrogen-bond donors (Lipinski definition) is 1. The molecule has 0 saturated heterocycles. The molecule has 0 aliphatic heterocycles. The standard InChI is InChI=1S/C14H22FNO/c1-14(2,3)8-9-17-10-13(16)11-4-6-12(15)7-5-11/h4-7,13H,8-10,16H2,1-3H3. The molecule has 2 nitrogen and oxygen atoms in total. The molecule has 1 rings (SSSR count). The second kappa shape index (κ2) is 6.12. The number of hydrogen-bond acceptors (Lipinski definition) is 2. The van der Waals surface area contributed by atoms with Gasteiger partial charge in [0.15, 0.2) is 0 Å². The third kappa shape index (κ3) is 5.80. The normalized spacial score (nSPS) is 13.7. The van der Waals surface area contributed by atoms with E-state index in [1.807, 2.05) is 0 Å². The van der Waals surface area contributed by atoms with E-state index < -0.39 is 0 Å². The van der Waals surface area contributed by atoms with Crippen molar-refractivity contribution in [3.05, 3.63) is 35.6 Å². The van der Waals surface area contributed by atoms with Crippen molar-refractivity contribution in [2.24, 2.45) is 11.1 Å². The third-order valence-corrected chi connectivity index (χ3v) is 2.59. The second-order valence-corrected chi connectivity index (χ2v) is 5.54. The van der Waals surface area contributed by atoms with Gasteiger partial charge >= 0.3 is 0 Å². The molecule has 0 aromatic heterocycles. The first-order valence-electron chi connectivity index (χ1n) is 5.97. The van der Waals surface area contributed by atoms with Crippen molar-refractivity contribution < 1.29 is 9.13 Å². The van der Waals surface area contributed by atoms with Crippen molar-refractivity contribution in [2.75, 3.05) is 13.2 Å². The minimum atomic E-state index is -0.241. The van der Waals surface area contributed by atoms with E-state index in [0.29, 0.717) is 13.2 Å². The summed E-state index contributed by atoms with van der Waals surface area (Å²) < 4.78 is 18.3. The monoisotopic (exact) mass is 239 g/mol. The maximum absolute atomic E-state index is 12.7. The predicted octanol–water partition coefficient (Wildman–Crippen LogP) is 3.28. The maximum atomic E-state index is 12.7. The van der Waals surface area contributed by atoms with Crippen LogP contribution in [0.3, 0.4) is 0 Å². The summed E-state index contributed by atoms with van der Waals surface area (Å²) in [6, 6.07) is 6.06. The lowest BCUT2D eigenvalue weighted by Crippen LogP contribution is -2.19. The van der Waals surface area contributed by atoms with Crippen LogP contribution in [0.4, 0.5) is 4.39 Å². The number of ether oxygens (including phenoxy) is 1. The topological polar surface area (TPSA) is 35.2 Å². The van der Waals surface area contributed by atoms with E-state index >= 15 is 0 Å². The highest BCUT2D eigenvalue weighted by molar-refractivity contribution is 5.19. The van der Waals surface area contributed by atoms with Crippen LogP contribution in [-0.2, 0) is 4.74 Å². The van der Waals surface area contributed by atoms with Crippen molar-refractivity contribution in [2.45, 2.75) is 33.2 Å². The van der Waals surface area contributed by atoms with E-state index in [2.05, 4.69) is 20.8 Å². The quantitative estimate of drug-likeness (QED) is 0.800. The van der Waals surface area contributed by atoms with Crippen LogP contribution in [0.1, 0.15) is 38.8 Å². The summed E-state index contributed by atoms with van der Waals surface area (Å²) in [5.41, 5.74) is 7.13. The number of halogens is 1. The maximum Gasteiger partial charge on any atom is 0.123 e. The van der Waals surface area contributed by atoms with Crippen molar-refractivity contribution in [3.8, 4) is 0 Å². The average molecular weight is 239 g/mol. The van der Waals surface area contributed by atoms with Crippen molar-refractivity contribution >= 4 is 0 Å². The highest BCUT2D eigenvalue weighted by Crippen LogP contribution is 2.18. The molecule has 0 heterocycles. The van der Waals surface area contributed by atoms with Gasteiger partial charge in [0.25, 0.3) is 0 Å². The Labute approximate surface area is 103 Å². The van der Waals surface area contributed by atoms with Crippen LogP contribution in [0.5, 0.6) is 0 Å². The molecular weight excluding hydrogens is 217 g/mol. The molecule has 96 valence electrons. The Balaban J connectivity index is 2.30. The smallest absolute Gasteiger partial charge is 0.123 e. The average Bonchev–Trinajstić information content (AvgIpc) is 2.24. The van der Waals surface area contributed by atoms with Crippen LogP contribution in [0.25, 0.3) is 0 Å². The van der Waals surface area contributed by atoms with Gasteiger partial charge in [0.05, 0.1) is 12.6 Å². The van der Waals surface area contributed by atoms with E-state index in [-0.39, 0.29) is 17.3 Å². The third-order valence-electron chi connectivity index (χ3n) is 2.59. The lowest BCUT2D eigenvalue weighted by molar-refractivity contribution is 0.0974. The Kier molecular flexibility index (Phi) is 5.09. The van der Waals surface area contributed by atoms with Crippen LogP contribution in [0, 0.1) is 11.2 Å². The van der Waals surface area contributed by atoms with Gasteiger partial charge in [0.1, 0.15) is 5.82 Å². The second-order valence-electron chi connectivity index (χ2n) is 5.54. The van der Waals surface area contributed by atoms with Gasteiger partial charge in [-0.25, -0.2) is 4.39 Å². The van der Waals surface area contributed by atoms with Gasteiger partial charge in [0.2, 0.25) is 0 Å². The van der Waals surface area contributed by atoms with Crippen molar-refractivity contribution in [1.82, 2.24) is 0 Å². The summed E-state index contributed by atoms with van der Waals surface area (Å²) in [6.45, 7) is 7.71. The minimum absolute atomic E-state index is 0.185. The molecule has 1 unspecified atom stereocenters. The van der Waals surface area contributed by atoms with Crippen LogP contribution in [-0.4, -0.2) is 13.2 Å². The molecule has 1 aromatic carbocycles.